The van der Waals surface area contributed by atoms with Gasteiger partial charge in [0.25, 0.3) is 0 Å². The number of benzene rings is 2. The van der Waals surface area contributed by atoms with Crippen LogP contribution in [0.2, 0.25) is 0 Å². The van der Waals surface area contributed by atoms with Gasteiger partial charge in [0.05, 0.1) is 4.88 Å². The lowest BCUT2D eigenvalue weighted by molar-refractivity contribution is 0.624. The van der Waals surface area contributed by atoms with E-state index in [1.807, 2.05) is 6.07 Å². The molecule has 1 heterocycles. The van der Waals surface area contributed by atoms with Crippen LogP contribution >= 0.6 is 11.3 Å². The average Bonchev–Trinajstić information content (AvgIpc) is 2.98. The van der Waals surface area contributed by atoms with Crippen molar-refractivity contribution in [2.24, 2.45) is 0 Å². The first-order valence-corrected chi connectivity index (χ1v) is 7.69. The zero-order chi connectivity index (χ0) is 15.4. The van der Waals surface area contributed by atoms with E-state index in [1.54, 1.807) is 30.5 Å². The van der Waals surface area contributed by atoms with Crippen LogP contribution < -0.4 is 5.32 Å². The quantitative estimate of drug-likeness (QED) is 0.755. The van der Waals surface area contributed by atoms with Crippen molar-refractivity contribution >= 4 is 11.3 Å². The molecule has 3 aromatic rings. The summed E-state index contributed by atoms with van der Waals surface area (Å²) in [6.07, 6.45) is 1.69. The summed E-state index contributed by atoms with van der Waals surface area (Å²) in [6, 6.07) is 13.0. The molecule has 3 rings (SSSR count). The largest absolute Gasteiger partial charge is 0.306 e. The molecular formula is C17H14F2N2S. The fourth-order valence-corrected chi connectivity index (χ4v) is 3.01. The highest BCUT2D eigenvalue weighted by Gasteiger charge is 2.08. The number of nitrogens with one attached hydrogen (secondary N) is 1. The molecule has 0 radical (unpaired) electrons. The van der Waals surface area contributed by atoms with Gasteiger partial charge in [-0.15, -0.1) is 11.3 Å². The van der Waals surface area contributed by atoms with Gasteiger partial charge in [0, 0.05) is 24.8 Å². The normalized spacial score (nSPS) is 10.8. The SMILES string of the molecule is Fc1ccc(CNCc2ncc(-c3ccccc3F)s2)cc1. The second kappa shape index (κ2) is 6.77. The van der Waals surface area contributed by atoms with E-state index >= 15 is 0 Å². The number of hydrogen-bond acceptors (Lipinski definition) is 3. The van der Waals surface area contributed by atoms with Gasteiger partial charge in [-0.2, -0.15) is 0 Å². The monoisotopic (exact) mass is 316 g/mol. The second-order valence-corrected chi connectivity index (χ2v) is 5.94. The number of nitrogens with zero attached hydrogens (tertiary/aromatic N) is 1. The number of hydrogen-bond donors (Lipinski definition) is 1. The Morgan fingerprint density at radius 2 is 1.73 bits per heavy atom. The van der Waals surface area contributed by atoms with Crippen LogP contribution in [0.5, 0.6) is 0 Å². The van der Waals surface area contributed by atoms with E-state index in [2.05, 4.69) is 10.3 Å². The van der Waals surface area contributed by atoms with Crippen LogP contribution in [0.4, 0.5) is 8.78 Å². The molecule has 2 aromatic carbocycles. The molecular weight excluding hydrogens is 302 g/mol. The highest BCUT2D eigenvalue weighted by molar-refractivity contribution is 7.15. The molecule has 0 spiro atoms. The van der Waals surface area contributed by atoms with Crippen LogP contribution in [0.15, 0.2) is 54.7 Å². The highest BCUT2D eigenvalue weighted by Crippen LogP contribution is 2.28. The summed E-state index contributed by atoms with van der Waals surface area (Å²) in [7, 11) is 0. The highest BCUT2D eigenvalue weighted by atomic mass is 32.1. The maximum Gasteiger partial charge on any atom is 0.131 e. The molecule has 0 amide bonds. The Labute approximate surface area is 131 Å². The Balaban J connectivity index is 1.60. The fraction of sp³-hybridized carbons (Fsp3) is 0.118. The summed E-state index contributed by atoms with van der Waals surface area (Å²) in [4.78, 5) is 5.12. The Hall–Kier alpha value is -2.11. The van der Waals surface area contributed by atoms with Gasteiger partial charge in [0.15, 0.2) is 0 Å². The number of thiazole rings is 1. The third kappa shape index (κ3) is 3.55. The van der Waals surface area contributed by atoms with Crippen molar-refractivity contribution in [3.63, 3.8) is 0 Å². The lowest BCUT2D eigenvalue weighted by atomic mass is 10.2. The lowest BCUT2D eigenvalue weighted by Crippen LogP contribution is -2.12. The van der Waals surface area contributed by atoms with Gasteiger partial charge in [-0.3, -0.25) is 0 Å². The first kappa shape index (κ1) is 14.8. The molecule has 1 N–H and O–H groups in total. The van der Waals surface area contributed by atoms with E-state index in [-0.39, 0.29) is 11.6 Å². The van der Waals surface area contributed by atoms with E-state index in [0.29, 0.717) is 18.7 Å². The first-order chi connectivity index (χ1) is 10.7. The number of aromatic nitrogens is 1. The smallest absolute Gasteiger partial charge is 0.131 e. The molecule has 0 atom stereocenters. The van der Waals surface area contributed by atoms with Gasteiger partial charge in [0.2, 0.25) is 0 Å². The predicted molar refractivity (Wildman–Crippen MR) is 84.5 cm³/mol. The van der Waals surface area contributed by atoms with Crippen molar-refractivity contribution in [3.05, 3.63) is 76.9 Å². The van der Waals surface area contributed by atoms with Gasteiger partial charge in [0.1, 0.15) is 16.6 Å². The van der Waals surface area contributed by atoms with Crippen LogP contribution in [0.1, 0.15) is 10.6 Å². The number of rotatable bonds is 5. The predicted octanol–water partition coefficient (Wildman–Crippen LogP) is 4.38. The van der Waals surface area contributed by atoms with Crippen molar-refractivity contribution in [2.75, 3.05) is 0 Å². The third-order valence-corrected chi connectivity index (χ3v) is 4.24. The standard InChI is InChI=1S/C17H14F2N2S/c18-13-7-5-12(6-8-13)9-20-11-17-21-10-16(22-17)14-3-1-2-4-15(14)19/h1-8,10,20H,9,11H2. The minimum atomic E-state index is -0.239. The van der Waals surface area contributed by atoms with Crippen molar-refractivity contribution in [3.8, 4) is 10.4 Å². The molecule has 5 heteroatoms. The fourth-order valence-electron chi connectivity index (χ4n) is 2.09. The van der Waals surface area contributed by atoms with Crippen LogP contribution in [0, 0.1) is 11.6 Å². The average molecular weight is 316 g/mol. The molecule has 112 valence electrons. The van der Waals surface area contributed by atoms with Gasteiger partial charge in [-0.1, -0.05) is 30.3 Å². The first-order valence-electron chi connectivity index (χ1n) is 6.87. The Morgan fingerprint density at radius 3 is 2.50 bits per heavy atom. The zero-order valence-corrected chi connectivity index (χ0v) is 12.5. The van der Waals surface area contributed by atoms with Crippen molar-refractivity contribution in [1.82, 2.24) is 10.3 Å². The molecule has 2 nitrogen and oxygen atoms in total. The third-order valence-electron chi connectivity index (χ3n) is 3.21. The minimum absolute atomic E-state index is 0.238. The van der Waals surface area contributed by atoms with Crippen LogP contribution in [0.3, 0.4) is 0 Å². The topological polar surface area (TPSA) is 24.9 Å². The lowest BCUT2D eigenvalue weighted by Gasteiger charge is -2.02. The maximum absolute atomic E-state index is 13.7. The van der Waals surface area contributed by atoms with Crippen LogP contribution in [0.25, 0.3) is 10.4 Å². The van der Waals surface area contributed by atoms with Crippen molar-refractivity contribution in [1.29, 1.82) is 0 Å². The van der Waals surface area contributed by atoms with Crippen LogP contribution in [-0.2, 0) is 13.1 Å². The molecule has 0 aliphatic heterocycles. The summed E-state index contributed by atoms with van der Waals surface area (Å²) in [5.74, 6) is -0.477. The van der Waals surface area contributed by atoms with Crippen molar-refractivity contribution in [2.45, 2.75) is 13.1 Å². The number of halogens is 2. The Bertz CT molecular complexity index is 753. The van der Waals surface area contributed by atoms with Crippen LogP contribution in [-0.4, -0.2) is 4.98 Å². The maximum atomic E-state index is 13.7. The molecule has 0 aliphatic carbocycles. The molecule has 0 aliphatic rings. The van der Waals surface area contributed by atoms with E-state index in [4.69, 9.17) is 0 Å². The van der Waals surface area contributed by atoms with E-state index < -0.39 is 0 Å². The summed E-state index contributed by atoms with van der Waals surface area (Å²) < 4.78 is 26.5. The summed E-state index contributed by atoms with van der Waals surface area (Å²) in [5, 5.41) is 4.14. The summed E-state index contributed by atoms with van der Waals surface area (Å²) in [6.45, 7) is 1.23. The van der Waals surface area contributed by atoms with E-state index in [9.17, 15) is 8.78 Å². The van der Waals surface area contributed by atoms with E-state index in [0.717, 1.165) is 15.4 Å². The molecule has 22 heavy (non-hydrogen) atoms. The van der Waals surface area contributed by atoms with Gasteiger partial charge >= 0.3 is 0 Å². The molecule has 0 fully saturated rings. The molecule has 0 unspecified atom stereocenters. The minimum Gasteiger partial charge on any atom is -0.306 e. The summed E-state index contributed by atoms with van der Waals surface area (Å²) in [5.41, 5.74) is 1.58. The molecule has 1 aromatic heterocycles. The van der Waals surface area contributed by atoms with Gasteiger partial charge in [-0.25, -0.2) is 13.8 Å². The Morgan fingerprint density at radius 1 is 0.955 bits per heavy atom. The molecule has 0 saturated heterocycles. The second-order valence-electron chi connectivity index (χ2n) is 4.83. The van der Waals surface area contributed by atoms with E-state index in [1.165, 1.54) is 29.5 Å². The van der Waals surface area contributed by atoms with Gasteiger partial charge < -0.3 is 5.32 Å². The summed E-state index contributed by atoms with van der Waals surface area (Å²) >= 11 is 1.46. The van der Waals surface area contributed by atoms with Gasteiger partial charge in [-0.05, 0) is 23.8 Å². The molecule has 0 bridgehead atoms. The zero-order valence-electron chi connectivity index (χ0n) is 11.7. The molecule has 0 saturated carbocycles. The Kier molecular flexibility index (Phi) is 4.56. The van der Waals surface area contributed by atoms with Crippen molar-refractivity contribution < 1.29 is 8.78 Å².